The first kappa shape index (κ1) is 13.1. The van der Waals surface area contributed by atoms with E-state index in [-0.39, 0.29) is 22.3 Å². The monoisotopic (exact) mass is 265 g/mol. The van der Waals surface area contributed by atoms with Crippen LogP contribution in [0.4, 0.5) is 4.39 Å². The number of halogens is 1. The zero-order valence-corrected chi connectivity index (χ0v) is 10.7. The maximum Gasteiger partial charge on any atom is 0.336 e. The van der Waals surface area contributed by atoms with Crippen LogP contribution in [-0.4, -0.2) is 22.8 Å². The average molecular weight is 265 g/mol. The van der Waals surface area contributed by atoms with Gasteiger partial charge in [-0.3, -0.25) is 4.79 Å². The minimum absolute atomic E-state index is 0.0392. The van der Waals surface area contributed by atoms with E-state index in [1.54, 1.807) is 0 Å². The van der Waals surface area contributed by atoms with Gasteiger partial charge in [0.15, 0.2) is 11.6 Å². The Balaban J connectivity index is 3.07. The molecular formula is C13H12FNO4. The third-order valence-corrected chi connectivity index (χ3v) is 3.12. The average Bonchev–Trinajstić information content (AvgIpc) is 2.35. The molecule has 6 heteroatoms. The summed E-state index contributed by atoms with van der Waals surface area (Å²) in [6.07, 6.45) is 0. The Bertz CT molecular complexity index is 749. The van der Waals surface area contributed by atoms with Gasteiger partial charge in [0.1, 0.15) is 0 Å². The lowest BCUT2D eigenvalue weighted by atomic mass is 10.0. The van der Waals surface area contributed by atoms with Gasteiger partial charge in [-0.05, 0) is 13.0 Å². The van der Waals surface area contributed by atoms with E-state index in [0.29, 0.717) is 5.52 Å². The molecular weight excluding hydrogens is 253 g/mol. The van der Waals surface area contributed by atoms with Crippen LogP contribution in [0.1, 0.15) is 15.9 Å². The van der Waals surface area contributed by atoms with Crippen molar-refractivity contribution in [2.45, 2.75) is 6.92 Å². The summed E-state index contributed by atoms with van der Waals surface area (Å²) in [5.74, 6) is -1.97. The van der Waals surface area contributed by atoms with E-state index in [9.17, 15) is 19.1 Å². The Labute approximate surface area is 107 Å². The molecule has 0 aliphatic carbocycles. The van der Waals surface area contributed by atoms with Crippen LogP contribution in [0.2, 0.25) is 0 Å². The summed E-state index contributed by atoms with van der Waals surface area (Å²) in [5, 5.41) is 9.37. The van der Waals surface area contributed by atoms with Crippen molar-refractivity contribution in [1.29, 1.82) is 0 Å². The molecule has 2 rings (SSSR count). The Morgan fingerprint density at radius 2 is 2.05 bits per heavy atom. The van der Waals surface area contributed by atoms with Gasteiger partial charge in [0.25, 0.3) is 5.56 Å². The second kappa shape index (κ2) is 4.38. The molecule has 2 aromatic rings. The molecule has 1 N–H and O–H groups in total. The fraction of sp³-hybridized carbons (Fsp3) is 0.231. The highest BCUT2D eigenvalue weighted by atomic mass is 19.1. The second-order valence-electron chi connectivity index (χ2n) is 4.17. The SMILES string of the molecule is COc1cc2c(cc1F)c(C(=O)O)c(C)c(=O)n2C. The highest BCUT2D eigenvalue weighted by Crippen LogP contribution is 2.27. The van der Waals surface area contributed by atoms with Crippen LogP contribution in [0, 0.1) is 12.7 Å². The predicted molar refractivity (Wildman–Crippen MR) is 67.4 cm³/mol. The smallest absolute Gasteiger partial charge is 0.336 e. The number of carboxylic acids is 1. The maximum atomic E-state index is 13.7. The Morgan fingerprint density at radius 1 is 1.42 bits per heavy atom. The number of carboxylic acid groups (broad SMARTS) is 1. The van der Waals surface area contributed by atoms with Crippen molar-refractivity contribution >= 4 is 16.9 Å². The predicted octanol–water partition coefficient (Wildman–Crippen LogP) is 1.69. The summed E-state index contributed by atoms with van der Waals surface area (Å²) in [5.41, 5.74) is -0.225. The molecule has 100 valence electrons. The number of hydrogen-bond acceptors (Lipinski definition) is 3. The number of pyridine rings is 1. The Morgan fingerprint density at radius 3 is 2.58 bits per heavy atom. The fourth-order valence-electron chi connectivity index (χ4n) is 2.12. The van der Waals surface area contributed by atoms with Crippen molar-refractivity contribution in [3.63, 3.8) is 0 Å². The first-order valence-electron chi connectivity index (χ1n) is 5.48. The van der Waals surface area contributed by atoms with Gasteiger partial charge < -0.3 is 14.4 Å². The number of hydrogen-bond donors (Lipinski definition) is 1. The van der Waals surface area contributed by atoms with E-state index in [1.807, 2.05) is 0 Å². The lowest BCUT2D eigenvalue weighted by molar-refractivity contribution is 0.0698. The lowest BCUT2D eigenvalue weighted by Crippen LogP contribution is -2.23. The van der Waals surface area contributed by atoms with Crippen LogP contribution < -0.4 is 10.3 Å². The minimum Gasteiger partial charge on any atom is -0.494 e. The number of aromatic carboxylic acids is 1. The molecule has 0 aliphatic heterocycles. The van der Waals surface area contributed by atoms with E-state index in [4.69, 9.17) is 4.74 Å². The van der Waals surface area contributed by atoms with E-state index in [0.717, 1.165) is 6.07 Å². The van der Waals surface area contributed by atoms with Gasteiger partial charge in [-0.25, -0.2) is 9.18 Å². The molecule has 1 aromatic carbocycles. The number of fused-ring (bicyclic) bond motifs is 1. The number of benzene rings is 1. The quantitative estimate of drug-likeness (QED) is 0.897. The normalized spacial score (nSPS) is 10.7. The van der Waals surface area contributed by atoms with Crippen LogP contribution in [0.5, 0.6) is 5.75 Å². The summed E-state index contributed by atoms with van der Waals surface area (Å²) in [6, 6.07) is 2.39. The molecule has 0 atom stereocenters. The van der Waals surface area contributed by atoms with E-state index >= 15 is 0 Å². The molecule has 5 nitrogen and oxygen atoms in total. The van der Waals surface area contributed by atoms with E-state index in [2.05, 4.69) is 0 Å². The largest absolute Gasteiger partial charge is 0.494 e. The van der Waals surface area contributed by atoms with Gasteiger partial charge >= 0.3 is 5.97 Å². The summed E-state index contributed by atoms with van der Waals surface area (Å²) >= 11 is 0. The van der Waals surface area contributed by atoms with Crippen molar-refractivity contribution in [2.75, 3.05) is 7.11 Å². The summed E-state index contributed by atoms with van der Waals surface area (Å²) in [6.45, 7) is 1.41. The highest BCUT2D eigenvalue weighted by molar-refractivity contribution is 6.04. The molecule has 1 heterocycles. The summed E-state index contributed by atoms with van der Waals surface area (Å²) in [7, 11) is 2.80. The van der Waals surface area contributed by atoms with Crippen LogP contribution in [-0.2, 0) is 7.05 Å². The van der Waals surface area contributed by atoms with Gasteiger partial charge in [0, 0.05) is 24.1 Å². The van der Waals surface area contributed by atoms with Crippen molar-refractivity contribution in [3.05, 3.63) is 39.4 Å². The van der Waals surface area contributed by atoms with Crippen LogP contribution in [0.3, 0.4) is 0 Å². The topological polar surface area (TPSA) is 68.5 Å². The van der Waals surface area contributed by atoms with Crippen molar-refractivity contribution in [2.24, 2.45) is 7.05 Å². The molecule has 0 amide bonds. The standard InChI is InChI=1S/C13H12FNO4/c1-6-11(13(17)18)7-4-8(14)10(19-3)5-9(7)15(2)12(6)16/h4-5H,1-3H3,(H,17,18). The van der Waals surface area contributed by atoms with Crippen LogP contribution in [0.15, 0.2) is 16.9 Å². The minimum atomic E-state index is -1.26. The number of nitrogens with zero attached hydrogens (tertiary/aromatic N) is 1. The van der Waals surface area contributed by atoms with Gasteiger partial charge in [-0.2, -0.15) is 0 Å². The molecule has 0 spiro atoms. The Kier molecular flexibility index (Phi) is 3.01. The maximum absolute atomic E-state index is 13.7. The number of carbonyl (C=O) groups is 1. The summed E-state index contributed by atoms with van der Waals surface area (Å²) in [4.78, 5) is 23.2. The summed E-state index contributed by atoms with van der Waals surface area (Å²) < 4.78 is 19.8. The second-order valence-corrected chi connectivity index (χ2v) is 4.17. The third kappa shape index (κ3) is 1.85. The molecule has 0 saturated carbocycles. The number of aromatic nitrogens is 1. The Hall–Kier alpha value is -2.37. The zero-order valence-electron chi connectivity index (χ0n) is 10.7. The molecule has 0 bridgehead atoms. The number of rotatable bonds is 2. The molecule has 0 saturated heterocycles. The van der Waals surface area contributed by atoms with Gasteiger partial charge in [-0.15, -0.1) is 0 Å². The number of aryl methyl sites for hydroxylation is 1. The molecule has 0 fully saturated rings. The van der Waals surface area contributed by atoms with Crippen LogP contribution in [0.25, 0.3) is 10.9 Å². The highest BCUT2D eigenvalue weighted by Gasteiger charge is 2.19. The van der Waals surface area contributed by atoms with Crippen molar-refractivity contribution in [1.82, 2.24) is 4.57 Å². The van der Waals surface area contributed by atoms with E-state index in [1.165, 1.54) is 31.7 Å². The number of methoxy groups -OCH3 is 1. The molecule has 19 heavy (non-hydrogen) atoms. The van der Waals surface area contributed by atoms with Crippen LogP contribution >= 0.6 is 0 Å². The third-order valence-electron chi connectivity index (χ3n) is 3.12. The molecule has 0 radical (unpaired) electrons. The van der Waals surface area contributed by atoms with E-state index < -0.39 is 17.3 Å². The van der Waals surface area contributed by atoms with Gasteiger partial charge in [-0.1, -0.05) is 0 Å². The first-order valence-corrected chi connectivity index (χ1v) is 5.48. The van der Waals surface area contributed by atoms with Gasteiger partial charge in [0.05, 0.1) is 18.2 Å². The molecule has 0 unspecified atom stereocenters. The van der Waals surface area contributed by atoms with Gasteiger partial charge in [0.2, 0.25) is 0 Å². The first-order chi connectivity index (χ1) is 8.88. The lowest BCUT2D eigenvalue weighted by Gasteiger charge is -2.12. The number of ether oxygens (including phenoxy) is 1. The van der Waals surface area contributed by atoms with Crippen molar-refractivity contribution < 1.29 is 19.0 Å². The molecule has 0 aliphatic rings. The fourth-order valence-corrected chi connectivity index (χ4v) is 2.12. The zero-order chi connectivity index (χ0) is 14.3. The van der Waals surface area contributed by atoms with Crippen molar-refractivity contribution in [3.8, 4) is 5.75 Å². The molecule has 1 aromatic heterocycles.